The van der Waals surface area contributed by atoms with Crippen molar-refractivity contribution in [2.75, 3.05) is 36.4 Å². The molecule has 8 nitrogen and oxygen atoms in total. The van der Waals surface area contributed by atoms with Crippen LogP contribution in [0, 0.1) is 24.2 Å². The van der Waals surface area contributed by atoms with Crippen LogP contribution >= 0.6 is 0 Å². The zero-order valence-electron chi connectivity index (χ0n) is 20.2. The van der Waals surface area contributed by atoms with Crippen molar-refractivity contribution >= 4 is 23.1 Å². The SMILES string of the molecule is Cc1cn2nc(C3CCCCN3C(=O)c3cccc4c3CCCN4)cc2nc1N1CCC(C#N)C1. The molecule has 8 heteroatoms. The summed E-state index contributed by atoms with van der Waals surface area (Å²) >= 11 is 0. The molecule has 2 saturated heterocycles. The van der Waals surface area contributed by atoms with E-state index in [4.69, 9.17) is 10.1 Å². The third-order valence-corrected chi connectivity index (χ3v) is 7.72. The Morgan fingerprint density at radius 1 is 1.20 bits per heavy atom. The lowest BCUT2D eigenvalue weighted by molar-refractivity contribution is 0.0604. The summed E-state index contributed by atoms with van der Waals surface area (Å²) in [6, 6.07) is 10.4. The predicted octanol–water partition coefficient (Wildman–Crippen LogP) is 4.11. The van der Waals surface area contributed by atoms with Crippen molar-refractivity contribution in [3.63, 3.8) is 0 Å². The van der Waals surface area contributed by atoms with E-state index < -0.39 is 0 Å². The minimum Gasteiger partial charge on any atom is -0.385 e. The number of hydrogen-bond donors (Lipinski definition) is 1. The van der Waals surface area contributed by atoms with Gasteiger partial charge in [-0.25, -0.2) is 9.50 Å². The lowest BCUT2D eigenvalue weighted by Gasteiger charge is -2.35. The van der Waals surface area contributed by atoms with E-state index in [2.05, 4.69) is 22.4 Å². The summed E-state index contributed by atoms with van der Waals surface area (Å²) in [5, 5.41) is 17.6. The Morgan fingerprint density at radius 3 is 2.97 bits per heavy atom. The average molecular weight is 470 g/mol. The van der Waals surface area contributed by atoms with E-state index >= 15 is 0 Å². The molecular weight excluding hydrogens is 438 g/mol. The van der Waals surface area contributed by atoms with Crippen molar-refractivity contribution in [3.05, 3.63) is 52.8 Å². The number of rotatable bonds is 3. The molecule has 2 fully saturated rings. The highest BCUT2D eigenvalue weighted by Gasteiger charge is 2.33. The van der Waals surface area contributed by atoms with Crippen molar-refractivity contribution in [3.8, 4) is 6.07 Å². The molecule has 2 unspecified atom stereocenters. The fourth-order valence-corrected chi connectivity index (χ4v) is 5.91. The van der Waals surface area contributed by atoms with E-state index in [0.717, 1.165) is 104 Å². The van der Waals surface area contributed by atoms with E-state index in [1.807, 2.05) is 40.7 Å². The topological polar surface area (TPSA) is 89.6 Å². The fraction of sp³-hybridized carbons (Fsp3) is 0.481. The molecule has 0 aliphatic carbocycles. The van der Waals surface area contributed by atoms with Gasteiger partial charge in [-0.15, -0.1) is 0 Å². The van der Waals surface area contributed by atoms with Crippen molar-refractivity contribution < 1.29 is 4.79 Å². The first-order chi connectivity index (χ1) is 17.1. The Labute approximate surface area is 205 Å². The van der Waals surface area contributed by atoms with Crippen LogP contribution in [-0.2, 0) is 6.42 Å². The van der Waals surface area contributed by atoms with Crippen LogP contribution in [-0.4, -0.2) is 51.6 Å². The molecule has 5 heterocycles. The zero-order chi connectivity index (χ0) is 23.9. The largest absolute Gasteiger partial charge is 0.385 e. The smallest absolute Gasteiger partial charge is 0.254 e. The van der Waals surface area contributed by atoms with E-state index in [9.17, 15) is 10.1 Å². The van der Waals surface area contributed by atoms with Gasteiger partial charge in [0.15, 0.2) is 5.65 Å². The molecule has 0 saturated carbocycles. The van der Waals surface area contributed by atoms with Crippen molar-refractivity contribution in [1.29, 1.82) is 5.26 Å². The van der Waals surface area contributed by atoms with Gasteiger partial charge in [0.2, 0.25) is 0 Å². The van der Waals surface area contributed by atoms with E-state index in [-0.39, 0.29) is 17.9 Å². The number of aromatic nitrogens is 3. The highest BCUT2D eigenvalue weighted by atomic mass is 16.2. The van der Waals surface area contributed by atoms with Gasteiger partial charge in [0.1, 0.15) is 5.82 Å². The number of likely N-dealkylation sites (tertiary alicyclic amines) is 1. The third-order valence-electron chi connectivity index (χ3n) is 7.72. The van der Waals surface area contributed by atoms with E-state index in [1.165, 1.54) is 0 Å². The number of amides is 1. The van der Waals surface area contributed by atoms with Gasteiger partial charge >= 0.3 is 0 Å². The van der Waals surface area contributed by atoms with Crippen LogP contribution in [0.3, 0.4) is 0 Å². The van der Waals surface area contributed by atoms with E-state index in [0.29, 0.717) is 0 Å². The number of benzene rings is 1. The molecule has 1 amide bonds. The Kier molecular flexibility index (Phi) is 5.56. The molecular formula is C27H31N7O. The minimum atomic E-state index is -0.0520. The number of nitrogens with one attached hydrogen (secondary N) is 1. The number of anilines is 2. The average Bonchev–Trinajstić information content (AvgIpc) is 3.54. The highest BCUT2D eigenvalue weighted by molar-refractivity contribution is 5.97. The third kappa shape index (κ3) is 3.89. The maximum absolute atomic E-state index is 13.8. The first-order valence-corrected chi connectivity index (χ1v) is 12.8. The summed E-state index contributed by atoms with van der Waals surface area (Å²) in [6.07, 6.45) is 7.89. The Morgan fingerprint density at radius 2 is 2.11 bits per heavy atom. The maximum atomic E-state index is 13.8. The number of carbonyl (C=O) groups excluding carboxylic acids is 1. The van der Waals surface area contributed by atoms with Gasteiger partial charge in [0.05, 0.1) is 23.7 Å². The molecule has 3 aliphatic rings. The van der Waals surface area contributed by atoms with Gasteiger partial charge < -0.3 is 15.1 Å². The van der Waals surface area contributed by atoms with E-state index in [1.54, 1.807) is 0 Å². The minimum absolute atomic E-state index is 0.0520. The summed E-state index contributed by atoms with van der Waals surface area (Å²) in [6.45, 7) is 5.33. The number of piperidine rings is 1. The molecule has 2 aromatic heterocycles. The second-order valence-corrected chi connectivity index (χ2v) is 10.1. The molecule has 0 bridgehead atoms. The molecule has 0 spiro atoms. The van der Waals surface area contributed by atoms with Crippen LogP contribution in [0.2, 0.25) is 0 Å². The van der Waals surface area contributed by atoms with Crippen molar-refractivity contribution in [2.24, 2.45) is 5.92 Å². The Balaban J connectivity index is 1.32. The van der Waals surface area contributed by atoms with Gasteiger partial charge in [-0.05, 0) is 63.1 Å². The Hall–Kier alpha value is -3.60. The summed E-state index contributed by atoms with van der Waals surface area (Å²) in [5.41, 5.74) is 5.80. The number of fused-ring (bicyclic) bond motifs is 2. The van der Waals surface area contributed by atoms with Crippen LogP contribution in [0.5, 0.6) is 0 Å². The second kappa shape index (κ2) is 8.88. The molecule has 3 aliphatic heterocycles. The number of carbonyl (C=O) groups is 1. The number of aryl methyl sites for hydroxylation is 1. The number of hydrogen-bond acceptors (Lipinski definition) is 6. The first-order valence-electron chi connectivity index (χ1n) is 12.8. The quantitative estimate of drug-likeness (QED) is 0.621. The molecule has 2 atom stereocenters. The number of nitrogens with zero attached hydrogens (tertiary/aromatic N) is 6. The van der Waals surface area contributed by atoms with Gasteiger partial charge in [-0.3, -0.25) is 4.79 Å². The standard InChI is InChI=1S/C27H31N7O/c1-18-16-34-25(30-26(18)32-13-10-19(15-28)17-32)14-23(31-34)24-9-2-3-12-33(24)27(35)21-6-4-8-22-20(21)7-5-11-29-22/h4,6,8,14,16,19,24,29H,2-3,5,7,9-13,17H2,1H3. The van der Waals surface area contributed by atoms with Crippen molar-refractivity contribution in [2.45, 2.75) is 51.5 Å². The van der Waals surface area contributed by atoms with Gasteiger partial charge in [0, 0.05) is 55.3 Å². The summed E-state index contributed by atoms with van der Waals surface area (Å²) < 4.78 is 1.84. The maximum Gasteiger partial charge on any atom is 0.254 e. The van der Waals surface area contributed by atoms with Crippen LogP contribution in [0.25, 0.3) is 5.65 Å². The van der Waals surface area contributed by atoms with Gasteiger partial charge in [0.25, 0.3) is 5.91 Å². The van der Waals surface area contributed by atoms with Crippen LogP contribution < -0.4 is 10.2 Å². The summed E-state index contributed by atoms with van der Waals surface area (Å²) in [5.74, 6) is 1.10. The zero-order valence-corrected chi connectivity index (χ0v) is 20.2. The lowest BCUT2D eigenvalue weighted by atomic mass is 9.94. The van der Waals surface area contributed by atoms with Crippen LogP contribution in [0.4, 0.5) is 11.5 Å². The monoisotopic (exact) mass is 469 g/mol. The normalized spacial score (nSPS) is 22.1. The highest BCUT2D eigenvalue weighted by Crippen LogP contribution is 2.35. The Bertz CT molecular complexity index is 1320. The predicted molar refractivity (Wildman–Crippen MR) is 135 cm³/mol. The van der Waals surface area contributed by atoms with Crippen LogP contribution in [0.1, 0.15) is 65.3 Å². The lowest BCUT2D eigenvalue weighted by Crippen LogP contribution is -2.39. The fourth-order valence-electron chi connectivity index (χ4n) is 5.91. The molecule has 3 aromatic rings. The van der Waals surface area contributed by atoms with Crippen LogP contribution in [0.15, 0.2) is 30.5 Å². The van der Waals surface area contributed by atoms with Crippen molar-refractivity contribution in [1.82, 2.24) is 19.5 Å². The van der Waals surface area contributed by atoms with Gasteiger partial charge in [-0.2, -0.15) is 10.4 Å². The molecule has 1 aromatic carbocycles. The molecule has 1 N–H and O–H groups in total. The first kappa shape index (κ1) is 21.9. The molecule has 35 heavy (non-hydrogen) atoms. The summed E-state index contributed by atoms with van der Waals surface area (Å²) in [7, 11) is 0. The summed E-state index contributed by atoms with van der Waals surface area (Å²) in [4.78, 5) is 23.0. The molecule has 180 valence electrons. The van der Waals surface area contributed by atoms with Gasteiger partial charge in [-0.1, -0.05) is 6.07 Å². The second-order valence-electron chi connectivity index (χ2n) is 10.1. The molecule has 6 rings (SSSR count). The molecule has 0 radical (unpaired) electrons. The number of nitriles is 1.